The molecule has 7 heteroatoms. The Morgan fingerprint density at radius 2 is 1.67 bits per heavy atom. The molecule has 3 N–H and O–H groups in total. The molecule has 1 amide bonds. The zero-order chi connectivity index (χ0) is 15.4. The van der Waals surface area contributed by atoms with E-state index in [0.717, 1.165) is 4.90 Å². The van der Waals surface area contributed by atoms with Crippen LogP contribution in [0.1, 0.15) is 0 Å². The third-order valence-corrected chi connectivity index (χ3v) is 4.58. The summed E-state index contributed by atoms with van der Waals surface area (Å²) < 4.78 is 0. The number of anilines is 2. The standard InChI is InChI=1S/C14H11Cl3N2OS/c15-10-5-12(17)13(6-11(10)16)19-14(20)7-21-9-3-1-8(18)2-4-9/h1-6H,7,18H2,(H,19,20). The third kappa shape index (κ3) is 4.71. The van der Waals surface area contributed by atoms with Crippen molar-refractivity contribution < 1.29 is 4.79 Å². The van der Waals surface area contributed by atoms with Gasteiger partial charge in [-0.2, -0.15) is 0 Å². The van der Waals surface area contributed by atoms with Crippen LogP contribution in [0.4, 0.5) is 11.4 Å². The normalized spacial score (nSPS) is 10.4. The molecule has 0 aliphatic heterocycles. The topological polar surface area (TPSA) is 55.1 Å². The Labute approximate surface area is 141 Å². The van der Waals surface area contributed by atoms with E-state index in [2.05, 4.69) is 5.32 Å². The van der Waals surface area contributed by atoms with Crippen LogP contribution < -0.4 is 11.1 Å². The van der Waals surface area contributed by atoms with Crippen molar-refractivity contribution in [1.29, 1.82) is 0 Å². The number of amides is 1. The van der Waals surface area contributed by atoms with Gasteiger partial charge in [-0.25, -0.2) is 0 Å². The maximum Gasteiger partial charge on any atom is 0.234 e. The van der Waals surface area contributed by atoms with E-state index in [4.69, 9.17) is 40.5 Å². The molecule has 2 aromatic rings. The first-order valence-electron chi connectivity index (χ1n) is 5.88. The van der Waals surface area contributed by atoms with Crippen LogP contribution in [0, 0.1) is 0 Å². The lowest BCUT2D eigenvalue weighted by atomic mass is 10.3. The largest absolute Gasteiger partial charge is 0.399 e. The summed E-state index contributed by atoms with van der Waals surface area (Å²) in [7, 11) is 0. The molecular formula is C14H11Cl3N2OS. The lowest BCUT2D eigenvalue weighted by Gasteiger charge is -2.08. The number of carbonyl (C=O) groups excluding carboxylic acids is 1. The Balaban J connectivity index is 1.96. The monoisotopic (exact) mass is 360 g/mol. The number of nitrogen functional groups attached to an aromatic ring is 1. The zero-order valence-electron chi connectivity index (χ0n) is 10.7. The number of rotatable bonds is 4. The predicted molar refractivity (Wildman–Crippen MR) is 91.7 cm³/mol. The minimum Gasteiger partial charge on any atom is -0.399 e. The van der Waals surface area contributed by atoms with Gasteiger partial charge >= 0.3 is 0 Å². The second-order valence-electron chi connectivity index (χ2n) is 4.15. The Kier molecular flexibility index (Phi) is 5.65. The summed E-state index contributed by atoms with van der Waals surface area (Å²) in [4.78, 5) is 12.9. The van der Waals surface area contributed by atoms with E-state index in [-0.39, 0.29) is 11.7 Å². The zero-order valence-corrected chi connectivity index (χ0v) is 13.8. The summed E-state index contributed by atoms with van der Waals surface area (Å²) >= 11 is 19.1. The van der Waals surface area contributed by atoms with Gasteiger partial charge in [-0.3, -0.25) is 4.79 Å². The van der Waals surface area contributed by atoms with Gasteiger partial charge < -0.3 is 11.1 Å². The highest BCUT2D eigenvalue weighted by Crippen LogP contribution is 2.32. The van der Waals surface area contributed by atoms with E-state index < -0.39 is 0 Å². The van der Waals surface area contributed by atoms with E-state index >= 15 is 0 Å². The van der Waals surface area contributed by atoms with Gasteiger partial charge in [-0.15, -0.1) is 11.8 Å². The van der Waals surface area contributed by atoms with Crippen molar-refractivity contribution in [2.24, 2.45) is 0 Å². The van der Waals surface area contributed by atoms with E-state index in [1.165, 1.54) is 23.9 Å². The summed E-state index contributed by atoms with van der Waals surface area (Å²) in [5.74, 6) is 0.0673. The Hall–Kier alpha value is -1.07. The van der Waals surface area contributed by atoms with Crippen LogP contribution in [0.15, 0.2) is 41.3 Å². The summed E-state index contributed by atoms with van der Waals surface area (Å²) in [6, 6.07) is 10.3. The fourth-order valence-corrected chi connectivity index (χ4v) is 2.81. The smallest absolute Gasteiger partial charge is 0.234 e. The molecule has 21 heavy (non-hydrogen) atoms. The molecule has 0 unspecified atom stereocenters. The molecule has 0 aliphatic carbocycles. The van der Waals surface area contributed by atoms with Crippen LogP contribution in [-0.2, 0) is 4.79 Å². The van der Waals surface area contributed by atoms with Crippen molar-refractivity contribution in [1.82, 2.24) is 0 Å². The Morgan fingerprint density at radius 3 is 2.33 bits per heavy atom. The van der Waals surface area contributed by atoms with Crippen LogP contribution in [0.3, 0.4) is 0 Å². The van der Waals surface area contributed by atoms with Gasteiger partial charge in [-0.05, 0) is 36.4 Å². The van der Waals surface area contributed by atoms with Gasteiger partial charge in [0.2, 0.25) is 5.91 Å². The number of thioether (sulfide) groups is 1. The van der Waals surface area contributed by atoms with Gasteiger partial charge in [-0.1, -0.05) is 34.8 Å². The average Bonchev–Trinajstić information content (AvgIpc) is 2.44. The number of halogens is 3. The molecule has 3 nitrogen and oxygen atoms in total. The lowest BCUT2D eigenvalue weighted by molar-refractivity contribution is -0.113. The number of nitrogens with one attached hydrogen (secondary N) is 1. The molecule has 0 saturated carbocycles. The van der Waals surface area contributed by atoms with Gasteiger partial charge in [0.15, 0.2) is 0 Å². The van der Waals surface area contributed by atoms with E-state index in [9.17, 15) is 4.79 Å². The van der Waals surface area contributed by atoms with E-state index in [1.807, 2.05) is 12.1 Å². The molecule has 0 aliphatic rings. The van der Waals surface area contributed by atoms with Gasteiger partial charge in [0.1, 0.15) is 0 Å². The summed E-state index contributed by atoms with van der Waals surface area (Å²) in [6.45, 7) is 0. The van der Waals surface area contributed by atoms with Crippen LogP contribution in [0.5, 0.6) is 0 Å². The average molecular weight is 362 g/mol. The predicted octanol–water partition coefficient (Wildman–Crippen LogP) is 4.96. The number of carbonyl (C=O) groups is 1. The number of hydrogen-bond donors (Lipinski definition) is 2. The molecule has 0 radical (unpaired) electrons. The maximum atomic E-state index is 11.9. The molecule has 0 bridgehead atoms. The van der Waals surface area contributed by atoms with Crippen LogP contribution in [0.2, 0.25) is 15.1 Å². The minimum absolute atomic E-state index is 0.183. The van der Waals surface area contributed by atoms with Crippen molar-refractivity contribution in [3.8, 4) is 0 Å². The Morgan fingerprint density at radius 1 is 1.05 bits per heavy atom. The van der Waals surface area contributed by atoms with Gasteiger partial charge in [0, 0.05) is 10.6 Å². The molecule has 0 fully saturated rings. The highest BCUT2D eigenvalue weighted by molar-refractivity contribution is 8.00. The molecule has 0 aromatic heterocycles. The fraction of sp³-hybridized carbons (Fsp3) is 0.0714. The first-order chi connectivity index (χ1) is 9.95. The first-order valence-corrected chi connectivity index (χ1v) is 8.00. The fourth-order valence-electron chi connectivity index (χ4n) is 1.52. The molecule has 0 spiro atoms. The van der Waals surface area contributed by atoms with Crippen molar-refractivity contribution >= 4 is 63.8 Å². The van der Waals surface area contributed by atoms with Crippen LogP contribution in [-0.4, -0.2) is 11.7 Å². The van der Waals surface area contributed by atoms with Crippen molar-refractivity contribution in [2.75, 3.05) is 16.8 Å². The van der Waals surface area contributed by atoms with E-state index in [0.29, 0.717) is 26.4 Å². The second kappa shape index (κ2) is 7.27. The maximum absolute atomic E-state index is 11.9. The van der Waals surface area contributed by atoms with Crippen LogP contribution >= 0.6 is 46.6 Å². The molecule has 110 valence electrons. The quantitative estimate of drug-likeness (QED) is 0.460. The minimum atomic E-state index is -0.183. The highest BCUT2D eigenvalue weighted by atomic mass is 35.5. The third-order valence-electron chi connectivity index (χ3n) is 2.53. The lowest BCUT2D eigenvalue weighted by Crippen LogP contribution is -2.14. The first kappa shape index (κ1) is 16.3. The van der Waals surface area contributed by atoms with Crippen LogP contribution in [0.25, 0.3) is 0 Å². The van der Waals surface area contributed by atoms with Crippen molar-refractivity contribution in [2.45, 2.75) is 4.90 Å². The number of hydrogen-bond acceptors (Lipinski definition) is 3. The molecule has 0 atom stereocenters. The highest BCUT2D eigenvalue weighted by Gasteiger charge is 2.09. The molecular weight excluding hydrogens is 351 g/mol. The summed E-state index contributed by atoms with van der Waals surface area (Å²) in [6.07, 6.45) is 0. The van der Waals surface area contributed by atoms with E-state index in [1.54, 1.807) is 12.1 Å². The van der Waals surface area contributed by atoms with Crippen molar-refractivity contribution in [3.63, 3.8) is 0 Å². The molecule has 2 rings (SSSR count). The summed E-state index contributed by atoms with van der Waals surface area (Å²) in [5.41, 5.74) is 6.73. The summed E-state index contributed by atoms with van der Waals surface area (Å²) in [5, 5.41) is 3.72. The molecule has 0 saturated heterocycles. The molecule has 2 aromatic carbocycles. The van der Waals surface area contributed by atoms with Crippen molar-refractivity contribution in [3.05, 3.63) is 51.5 Å². The SMILES string of the molecule is Nc1ccc(SCC(=O)Nc2cc(Cl)c(Cl)cc2Cl)cc1. The van der Waals surface area contributed by atoms with Gasteiger partial charge in [0.05, 0.1) is 26.5 Å². The Bertz CT molecular complexity index is 662. The number of benzene rings is 2. The second-order valence-corrected chi connectivity index (χ2v) is 6.42. The molecule has 0 heterocycles. The number of nitrogens with two attached hydrogens (primary N) is 1. The van der Waals surface area contributed by atoms with Gasteiger partial charge in [0.25, 0.3) is 0 Å².